The number of piperidine rings is 1. The first-order valence-corrected chi connectivity index (χ1v) is 10.2. The molecule has 1 saturated heterocycles. The molecule has 2 amide bonds. The number of aliphatic hydroxyl groups is 1. The maximum atomic E-state index is 12.2. The number of likely N-dealkylation sites (tertiary alicyclic amines) is 1. The van der Waals surface area contributed by atoms with Crippen molar-refractivity contribution in [3.63, 3.8) is 0 Å². The van der Waals surface area contributed by atoms with Gasteiger partial charge in [-0.05, 0) is 42.2 Å². The van der Waals surface area contributed by atoms with Crippen LogP contribution in [0.25, 0.3) is 0 Å². The van der Waals surface area contributed by atoms with E-state index < -0.39 is 0 Å². The highest BCUT2D eigenvalue weighted by Crippen LogP contribution is 2.16. The van der Waals surface area contributed by atoms with Crippen LogP contribution < -0.4 is 10.6 Å². The molecule has 29 heavy (non-hydrogen) atoms. The molecule has 3 N–H and O–H groups in total. The number of carbonyl (C=O) groups is 2. The molecule has 1 aliphatic heterocycles. The van der Waals surface area contributed by atoms with Crippen LogP contribution in [0.3, 0.4) is 0 Å². The zero-order chi connectivity index (χ0) is 20.6. The minimum Gasteiger partial charge on any atom is -0.393 e. The number of carbonyl (C=O) groups excluding carboxylic acids is 2. The summed E-state index contributed by atoms with van der Waals surface area (Å²) in [5.41, 5.74) is 2.63. The van der Waals surface area contributed by atoms with Crippen LogP contribution in [-0.2, 0) is 17.9 Å². The lowest BCUT2D eigenvalue weighted by Crippen LogP contribution is -2.37. The number of amides is 2. The summed E-state index contributed by atoms with van der Waals surface area (Å²) in [5.74, 6) is -0.591. The van der Waals surface area contributed by atoms with Crippen molar-refractivity contribution < 1.29 is 14.7 Å². The maximum absolute atomic E-state index is 12.2. The summed E-state index contributed by atoms with van der Waals surface area (Å²) in [5, 5.41) is 15.6. The zero-order valence-corrected chi connectivity index (χ0v) is 17.0. The van der Waals surface area contributed by atoms with Gasteiger partial charge in [0.05, 0.1) is 12.6 Å². The summed E-state index contributed by atoms with van der Waals surface area (Å²) >= 11 is 5.89. The van der Waals surface area contributed by atoms with Crippen molar-refractivity contribution in [2.45, 2.75) is 32.0 Å². The molecule has 0 aliphatic carbocycles. The third-order valence-electron chi connectivity index (χ3n) is 5.04. The van der Waals surface area contributed by atoms with Gasteiger partial charge in [0.15, 0.2) is 0 Å². The fourth-order valence-corrected chi connectivity index (χ4v) is 3.54. The standard InChI is InChI=1S/C22H26ClN3O3/c23-19-7-3-6-16(12-19)22(29)25-14-21(28)24-13-17-4-1-2-5-18(17)15-26-10-8-20(27)9-11-26/h1-7,12,20,27H,8-11,13-15H2,(H,24,28)(H,25,29). The van der Waals surface area contributed by atoms with Crippen molar-refractivity contribution in [2.75, 3.05) is 19.6 Å². The number of hydrogen-bond donors (Lipinski definition) is 3. The second-order valence-electron chi connectivity index (χ2n) is 7.25. The molecule has 0 radical (unpaired) electrons. The van der Waals surface area contributed by atoms with E-state index in [1.165, 1.54) is 0 Å². The van der Waals surface area contributed by atoms with E-state index >= 15 is 0 Å². The van der Waals surface area contributed by atoms with Gasteiger partial charge < -0.3 is 15.7 Å². The van der Waals surface area contributed by atoms with Crippen molar-refractivity contribution in [3.05, 3.63) is 70.2 Å². The first kappa shape index (κ1) is 21.3. The van der Waals surface area contributed by atoms with Gasteiger partial charge in [-0.2, -0.15) is 0 Å². The van der Waals surface area contributed by atoms with Gasteiger partial charge in [0.1, 0.15) is 0 Å². The van der Waals surface area contributed by atoms with Crippen molar-refractivity contribution in [2.24, 2.45) is 0 Å². The van der Waals surface area contributed by atoms with Crippen LogP contribution in [0.4, 0.5) is 0 Å². The topological polar surface area (TPSA) is 81.7 Å². The molecule has 0 spiro atoms. The van der Waals surface area contributed by atoms with Crippen LogP contribution in [0.1, 0.15) is 34.3 Å². The van der Waals surface area contributed by atoms with Crippen LogP contribution in [-0.4, -0.2) is 47.6 Å². The predicted octanol–water partition coefficient (Wildman–Crippen LogP) is 2.34. The number of nitrogens with zero attached hydrogens (tertiary/aromatic N) is 1. The summed E-state index contributed by atoms with van der Waals surface area (Å²) in [4.78, 5) is 26.6. The molecule has 1 heterocycles. The molecule has 0 bridgehead atoms. The quantitative estimate of drug-likeness (QED) is 0.648. The Balaban J connectivity index is 1.48. The van der Waals surface area contributed by atoms with Crippen molar-refractivity contribution in [1.82, 2.24) is 15.5 Å². The Bertz CT molecular complexity index is 851. The molecule has 2 aromatic carbocycles. The Hall–Kier alpha value is -2.41. The lowest BCUT2D eigenvalue weighted by molar-refractivity contribution is -0.120. The minimum atomic E-state index is -0.338. The number of aliphatic hydroxyl groups excluding tert-OH is 1. The smallest absolute Gasteiger partial charge is 0.251 e. The molecule has 0 aromatic heterocycles. The predicted molar refractivity (Wildman–Crippen MR) is 113 cm³/mol. The van der Waals surface area contributed by atoms with Crippen molar-refractivity contribution >= 4 is 23.4 Å². The normalized spacial score (nSPS) is 15.1. The molecule has 0 unspecified atom stereocenters. The molecule has 0 saturated carbocycles. The summed E-state index contributed by atoms with van der Waals surface area (Å²) in [6.45, 7) is 2.84. The SMILES string of the molecule is O=C(CNC(=O)c1cccc(Cl)c1)NCc1ccccc1CN1CCC(O)CC1. The summed E-state index contributed by atoms with van der Waals surface area (Å²) < 4.78 is 0. The van der Waals surface area contributed by atoms with E-state index in [0.29, 0.717) is 17.1 Å². The van der Waals surface area contributed by atoms with Gasteiger partial charge >= 0.3 is 0 Å². The number of hydrogen-bond acceptors (Lipinski definition) is 4. The van der Waals surface area contributed by atoms with E-state index in [-0.39, 0.29) is 24.5 Å². The number of halogens is 1. The van der Waals surface area contributed by atoms with Crippen molar-refractivity contribution in [3.8, 4) is 0 Å². The minimum absolute atomic E-state index is 0.0997. The zero-order valence-electron chi connectivity index (χ0n) is 16.2. The molecule has 6 nitrogen and oxygen atoms in total. The summed E-state index contributed by atoms with van der Waals surface area (Å²) in [7, 11) is 0. The van der Waals surface area contributed by atoms with E-state index in [1.807, 2.05) is 18.2 Å². The average molecular weight is 416 g/mol. The van der Waals surface area contributed by atoms with Gasteiger partial charge in [-0.1, -0.05) is 41.9 Å². The molecule has 2 aromatic rings. The van der Waals surface area contributed by atoms with E-state index in [4.69, 9.17) is 11.6 Å². The van der Waals surface area contributed by atoms with E-state index in [2.05, 4.69) is 21.6 Å². The van der Waals surface area contributed by atoms with Gasteiger partial charge in [0.25, 0.3) is 5.91 Å². The highest BCUT2D eigenvalue weighted by molar-refractivity contribution is 6.30. The van der Waals surface area contributed by atoms with Crippen LogP contribution in [0.2, 0.25) is 5.02 Å². The number of benzene rings is 2. The van der Waals surface area contributed by atoms with Gasteiger partial charge in [-0.25, -0.2) is 0 Å². The van der Waals surface area contributed by atoms with E-state index in [1.54, 1.807) is 24.3 Å². The fourth-order valence-electron chi connectivity index (χ4n) is 3.35. The lowest BCUT2D eigenvalue weighted by Gasteiger charge is -2.30. The Labute approximate surface area is 175 Å². The fraction of sp³-hybridized carbons (Fsp3) is 0.364. The van der Waals surface area contributed by atoms with Crippen LogP contribution in [0.5, 0.6) is 0 Å². The van der Waals surface area contributed by atoms with Crippen LogP contribution >= 0.6 is 11.6 Å². The van der Waals surface area contributed by atoms with Crippen LogP contribution in [0, 0.1) is 0 Å². The lowest BCUT2D eigenvalue weighted by atomic mass is 10.0. The molecule has 154 valence electrons. The molecule has 1 aliphatic rings. The molecular weight excluding hydrogens is 390 g/mol. The first-order chi connectivity index (χ1) is 14.0. The average Bonchev–Trinajstić information content (AvgIpc) is 2.73. The van der Waals surface area contributed by atoms with E-state index in [9.17, 15) is 14.7 Å². The first-order valence-electron chi connectivity index (χ1n) is 9.79. The van der Waals surface area contributed by atoms with Gasteiger partial charge in [-0.3, -0.25) is 14.5 Å². The Morgan fingerprint density at radius 3 is 2.48 bits per heavy atom. The van der Waals surface area contributed by atoms with Gasteiger partial charge in [0, 0.05) is 36.8 Å². The van der Waals surface area contributed by atoms with Crippen LogP contribution in [0.15, 0.2) is 48.5 Å². The maximum Gasteiger partial charge on any atom is 0.251 e. The second-order valence-corrected chi connectivity index (χ2v) is 7.68. The monoisotopic (exact) mass is 415 g/mol. The summed E-state index contributed by atoms with van der Waals surface area (Å²) in [6.07, 6.45) is 1.40. The highest BCUT2D eigenvalue weighted by Gasteiger charge is 2.18. The van der Waals surface area contributed by atoms with E-state index in [0.717, 1.165) is 43.6 Å². The third-order valence-corrected chi connectivity index (χ3v) is 5.28. The number of rotatable bonds is 7. The Kier molecular flexibility index (Phi) is 7.63. The summed E-state index contributed by atoms with van der Waals surface area (Å²) in [6, 6.07) is 14.6. The molecule has 7 heteroatoms. The Morgan fingerprint density at radius 1 is 1.03 bits per heavy atom. The number of nitrogens with one attached hydrogen (secondary N) is 2. The molecular formula is C22H26ClN3O3. The second kappa shape index (κ2) is 10.4. The Morgan fingerprint density at radius 2 is 1.76 bits per heavy atom. The molecule has 1 fully saturated rings. The van der Waals surface area contributed by atoms with Gasteiger partial charge in [-0.15, -0.1) is 0 Å². The van der Waals surface area contributed by atoms with Gasteiger partial charge in [0.2, 0.25) is 5.91 Å². The largest absolute Gasteiger partial charge is 0.393 e. The van der Waals surface area contributed by atoms with Crippen molar-refractivity contribution in [1.29, 1.82) is 0 Å². The highest BCUT2D eigenvalue weighted by atomic mass is 35.5. The molecule has 0 atom stereocenters. The molecule has 3 rings (SSSR count). The third kappa shape index (κ3) is 6.56.